The fourth-order valence-corrected chi connectivity index (χ4v) is 4.16. The van der Waals surface area contributed by atoms with Gasteiger partial charge in [-0.05, 0) is 12.1 Å². The number of thiophene rings is 1. The van der Waals surface area contributed by atoms with Crippen molar-refractivity contribution in [3.63, 3.8) is 0 Å². The fourth-order valence-electron chi connectivity index (χ4n) is 3.19. The molecule has 2 atom stereocenters. The normalized spacial score (nSPS) is 18.8. The maximum Gasteiger partial charge on any atom is 0.277 e. The zero-order valence-electron chi connectivity index (χ0n) is 14.0. The largest absolute Gasteiger partial charge is 0.393 e. The number of nitrogen functional groups attached to an aromatic ring is 1. The Hall–Kier alpha value is -2.78. The number of pyridine rings is 1. The predicted octanol–water partition coefficient (Wildman–Crippen LogP) is 1.38. The van der Waals surface area contributed by atoms with Crippen LogP contribution in [-0.2, 0) is 16.1 Å². The smallest absolute Gasteiger partial charge is 0.277 e. The molecule has 0 bridgehead atoms. The number of methoxy groups -OCH3 is 1. The first-order valence-corrected chi connectivity index (χ1v) is 8.90. The summed E-state index contributed by atoms with van der Waals surface area (Å²) in [6, 6.07) is 3.25. The van der Waals surface area contributed by atoms with Crippen LogP contribution in [0.2, 0.25) is 0 Å². The molecule has 0 radical (unpaired) electrons. The van der Waals surface area contributed by atoms with Crippen molar-refractivity contribution in [3.05, 3.63) is 51.8 Å². The number of carbonyl (C=O) groups excluding carboxylic acids is 1. The van der Waals surface area contributed by atoms with Gasteiger partial charge >= 0.3 is 0 Å². The quantitative estimate of drug-likeness (QED) is 0.717. The Morgan fingerprint density at radius 2 is 2.35 bits per heavy atom. The Balaban J connectivity index is 1.55. The second-order valence-corrected chi connectivity index (χ2v) is 7.24. The molecule has 134 valence electrons. The van der Waals surface area contributed by atoms with Crippen molar-refractivity contribution in [2.45, 2.75) is 25.1 Å². The minimum absolute atomic E-state index is 0.0142. The van der Waals surface area contributed by atoms with Crippen molar-refractivity contribution in [3.8, 4) is 0 Å². The molecule has 4 rings (SSSR count). The van der Waals surface area contributed by atoms with Gasteiger partial charge in [0.15, 0.2) is 0 Å². The van der Waals surface area contributed by atoms with E-state index in [4.69, 9.17) is 10.5 Å². The van der Waals surface area contributed by atoms with E-state index in [1.807, 2.05) is 12.1 Å². The number of nitrogens with two attached hydrogens (primary N) is 1. The Kier molecular flexibility index (Phi) is 4.17. The number of rotatable bonds is 4. The first kappa shape index (κ1) is 16.7. The van der Waals surface area contributed by atoms with Crippen LogP contribution in [0.5, 0.6) is 0 Å². The molecule has 26 heavy (non-hydrogen) atoms. The molecule has 4 heterocycles. The van der Waals surface area contributed by atoms with Gasteiger partial charge in [0.2, 0.25) is 5.91 Å². The van der Waals surface area contributed by atoms with Gasteiger partial charge in [0.25, 0.3) is 5.56 Å². The zero-order chi connectivity index (χ0) is 18.3. The second kappa shape index (κ2) is 6.50. The number of anilines is 1. The van der Waals surface area contributed by atoms with Crippen molar-refractivity contribution < 1.29 is 9.53 Å². The Morgan fingerprint density at radius 1 is 1.50 bits per heavy atom. The molecule has 1 aliphatic rings. The van der Waals surface area contributed by atoms with Crippen molar-refractivity contribution in [2.75, 3.05) is 12.8 Å². The molecular formula is C17H17N5O3S. The van der Waals surface area contributed by atoms with Crippen LogP contribution >= 0.6 is 11.3 Å². The maximum absolute atomic E-state index is 12.7. The van der Waals surface area contributed by atoms with Crippen LogP contribution in [0.3, 0.4) is 0 Å². The molecule has 0 spiro atoms. The molecule has 0 aromatic carbocycles. The summed E-state index contributed by atoms with van der Waals surface area (Å²) in [6.07, 6.45) is 4.79. The number of nitrogens with one attached hydrogen (secondary N) is 1. The van der Waals surface area contributed by atoms with Gasteiger partial charge in [0.05, 0.1) is 12.7 Å². The highest BCUT2D eigenvalue weighted by Crippen LogP contribution is 2.34. The van der Waals surface area contributed by atoms with Crippen LogP contribution in [0.1, 0.15) is 29.3 Å². The van der Waals surface area contributed by atoms with E-state index >= 15 is 0 Å². The van der Waals surface area contributed by atoms with Gasteiger partial charge in [-0.1, -0.05) is 0 Å². The number of fused-ring (bicyclic) bond motifs is 2. The van der Waals surface area contributed by atoms with E-state index in [0.717, 1.165) is 15.0 Å². The van der Waals surface area contributed by atoms with Gasteiger partial charge in [0, 0.05) is 40.9 Å². The Bertz CT molecular complexity index is 1010. The van der Waals surface area contributed by atoms with Crippen LogP contribution in [0.4, 0.5) is 5.69 Å². The van der Waals surface area contributed by atoms with Crippen LogP contribution in [0.25, 0.3) is 10.1 Å². The van der Waals surface area contributed by atoms with E-state index in [0.29, 0.717) is 18.8 Å². The Labute approximate surface area is 152 Å². The van der Waals surface area contributed by atoms with E-state index in [9.17, 15) is 9.59 Å². The molecule has 9 heteroatoms. The third-order valence-corrected chi connectivity index (χ3v) is 5.59. The lowest BCUT2D eigenvalue weighted by Crippen LogP contribution is -2.36. The molecule has 0 aliphatic carbocycles. The average molecular weight is 371 g/mol. The summed E-state index contributed by atoms with van der Waals surface area (Å²) in [7, 11) is 1.53. The topological polar surface area (TPSA) is 112 Å². The molecule has 0 saturated carbocycles. The van der Waals surface area contributed by atoms with Gasteiger partial charge < -0.3 is 15.8 Å². The zero-order valence-corrected chi connectivity index (χ0v) is 14.8. The van der Waals surface area contributed by atoms with Gasteiger partial charge in [-0.2, -0.15) is 0 Å². The third-order valence-electron chi connectivity index (χ3n) is 4.48. The monoisotopic (exact) mass is 371 g/mol. The molecule has 1 amide bonds. The van der Waals surface area contributed by atoms with Crippen molar-refractivity contribution in [1.29, 1.82) is 0 Å². The maximum atomic E-state index is 12.7. The number of hydrogen-bond acceptors (Lipinski definition) is 7. The summed E-state index contributed by atoms with van der Waals surface area (Å²) in [5.74, 6) is 0.177. The lowest BCUT2D eigenvalue weighted by molar-refractivity contribution is -0.124. The molecule has 3 aromatic rings. The van der Waals surface area contributed by atoms with E-state index in [2.05, 4.69) is 15.3 Å². The molecule has 0 fully saturated rings. The van der Waals surface area contributed by atoms with Crippen molar-refractivity contribution in [1.82, 2.24) is 19.9 Å². The summed E-state index contributed by atoms with van der Waals surface area (Å²) in [6.45, 7) is 0.381. The lowest BCUT2D eigenvalue weighted by atomic mass is 10.1. The molecule has 1 aliphatic heterocycles. The van der Waals surface area contributed by atoms with Crippen molar-refractivity contribution >= 4 is 33.0 Å². The van der Waals surface area contributed by atoms with Gasteiger partial charge in [-0.25, -0.2) is 4.98 Å². The third kappa shape index (κ3) is 2.74. The first-order chi connectivity index (χ1) is 12.6. The number of nitrogens with zero attached hydrogens (tertiary/aromatic N) is 3. The number of ether oxygens (including phenoxy) is 1. The summed E-state index contributed by atoms with van der Waals surface area (Å²) >= 11 is 1.60. The highest BCUT2D eigenvalue weighted by molar-refractivity contribution is 7.19. The molecule has 0 unspecified atom stereocenters. The molecule has 8 nitrogen and oxygen atoms in total. The number of amides is 1. The van der Waals surface area contributed by atoms with Crippen LogP contribution in [-0.4, -0.2) is 27.6 Å². The van der Waals surface area contributed by atoms with Crippen LogP contribution < -0.4 is 16.6 Å². The first-order valence-electron chi connectivity index (χ1n) is 8.08. The number of hydrogen-bond donors (Lipinski definition) is 2. The van der Waals surface area contributed by atoms with Gasteiger partial charge in [-0.3, -0.25) is 19.1 Å². The minimum Gasteiger partial charge on any atom is -0.393 e. The SMILES string of the molecule is CO[C@@H]1C[C@@H](C(=O)NCc2cc3cnccc3s2)n2c1ncc(N)c2=O. The van der Waals surface area contributed by atoms with E-state index in [1.54, 1.807) is 23.7 Å². The van der Waals surface area contributed by atoms with Crippen LogP contribution in [0, 0.1) is 0 Å². The van der Waals surface area contributed by atoms with E-state index in [1.165, 1.54) is 17.9 Å². The average Bonchev–Trinajstić information content (AvgIpc) is 3.23. The number of carbonyl (C=O) groups is 1. The summed E-state index contributed by atoms with van der Waals surface area (Å²) < 4.78 is 7.82. The molecule has 0 saturated heterocycles. The molecule has 3 aromatic heterocycles. The highest BCUT2D eigenvalue weighted by Gasteiger charge is 2.37. The van der Waals surface area contributed by atoms with E-state index in [-0.39, 0.29) is 11.6 Å². The highest BCUT2D eigenvalue weighted by atomic mass is 32.1. The second-order valence-electron chi connectivity index (χ2n) is 6.07. The van der Waals surface area contributed by atoms with Crippen LogP contribution in [0.15, 0.2) is 35.5 Å². The lowest BCUT2D eigenvalue weighted by Gasteiger charge is -2.13. The Morgan fingerprint density at radius 3 is 3.12 bits per heavy atom. The minimum atomic E-state index is -0.686. The van der Waals surface area contributed by atoms with Gasteiger partial charge in [0.1, 0.15) is 23.7 Å². The standard InChI is InChI=1S/C17H17N5O3S/c1-25-13-5-12(22-15(13)20-8-11(18)17(22)24)16(23)21-7-10-4-9-6-19-3-2-14(9)26-10/h2-4,6,8,12-13H,5,7,18H2,1H3,(H,21,23)/t12-,13+/m0/s1. The summed E-state index contributed by atoms with van der Waals surface area (Å²) in [5, 5.41) is 3.94. The molecule has 3 N–H and O–H groups in total. The molecular weight excluding hydrogens is 354 g/mol. The van der Waals surface area contributed by atoms with Gasteiger partial charge in [-0.15, -0.1) is 11.3 Å². The summed E-state index contributed by atoms with van der Waals surface area (Å²) in [4.78, 5) is 34.4. The fraction of sp³-hybridized carbons (Fsp3) is 0.294. The summed E-state index contributed by atoms with van der Waals surface area (Å²) in [5.41, 5.74) is 5.28. The van der Waals surface area contributed by atoms with E-state index < -0.39 is 17.7 Å². The van der Waals surface area contributed by atoms with Crippen molar-refractivity contribution in [2.24, 2.45) is 0 Å². The predicted molar refractivity (Wildman–Crippen MR) is 97.8 cm³/mol. The number of aromatic nitrogens is 3.